The van der Waals surface area contributed by atoms with Gasteiger partial charge in [0, 0.05) is 19.5 Å². The number of nitrogens with one attached hydrogen (secondary N) is 1. The number of rotatable bonds is 9. The van der Waals surface area contributed by atoms with E-state index >= 15 is 0 Å². The maximum absolute atomic E-state index is 13.4. The number of aliphatic carboxylic acids is 1. The molecule has 186 valence electrons. The van der Waals surface area contributed by atoms with E-state index in [0.29, 0.717) is 45.2 Å². The Kier molecular flexibility index (Phi) is 8.66. The quantitative estimate of drug-likeness (QED) is 0.494. The maximum Gasteiger partial charge on any atom is 0.326 e. The van der Waals surface area contributed by atoms with E-state index in [1.807, 2.05) is 44.2 Å². The Bertz CT molecular complexity index is 891. The van der Waals surface area contributed by atoms with E-state index in [1.165, 1.54) is 4.90 Å². The van der Waals surface area contributed by atoms with Gasteiger partial charge < -0.3 is 26.0 Å². The molecule has 2 aliphatic rings. The van der Waals surface area contributed by atoms with Crippen molar-refractivity contribution < 1.29 is 24.3 Å². The van der Waals surface area contributed by atoms with Crippen molar-refractivity contribution in [3.05, 3.63) is 35.9 Å². The zero-order valence-corrected chi connectivity index (χ0v) is 20.0. The smallest absolute Gasteiger partial charge is 0.326 e. The summed E-state index contributed by atoms with van der Waals surface area (Å²) in [5.74, 6) is -1.81. The molecular formula is C25H36N4O5. The van der Waals surface area contributed by atoms with Gasteiger partial charge in [0.25, 0.3) is 0 Å². The third-order valence-corrected chi connectivity index (χ3v) is 6.60. The molecule has 2 fully saturated rings. The van der Waals surface area contributed by atoms with Gasteiger partial charge in [0.2, 0.25) is 17.7 Å². The van der Waals surface area contributed by atoms with E-state index in [9.17, 15) is 24.3 Å². The molecule has 3 rings (SSSR count). The first kappa shape index (κ1) is 25.7. The van der Waals surface area contributed by atoms with Crippen LogP contribution in [-0.4, -0.2) is 75.9 Å². The van der Waals surface area contributed by atoms with E-state index in [2.05, 4.69) is 5.32 Å². The molecule has 1 aromatic rings. The summed E-state index contributed by atoms with van der Waals surface area (Å²) < 4.78 is 0. The lowest BCUT2D eigenvalue weighted by molar-refractivity contribution is -0.148. The Labute approximate surface area is 200 Å². The van der Waals surface area contributed by atoms with Gasteiger partial charge in [0.1, 0.15) is 18.1 Å². The predicted molar refractivity (Wildman–Crippen MR) is 127 cm³/mol. The van der Waals surface area contributed by atoms with Crippen LogP contribution >= 0.6 is 0 Å². The van der Waals surface area contributed by atoms with Crippen molar-refractivity contribution in [2.75, 3.05) is 13.1 Å². The monoisotopic (exact) mass is 472 g/mol. The molecule has 0 spiro atoms. The minimum atomic E-state index is -1.13. The van der Waals surface area contributed by atoms with E-state index in [-0.39, 0.29) is 24.2 Å². The van der Waals surface area contributed by atoms with Gasteiger partial charge in [-0.2, -0.15) is 0 Å². The first-order valence-corrected chi connectivity index (χ1v) is 12.1. The fraction of sp³-hybridized carbons (Fsp3) is 0.600. The van der Waals surface area contributed by atoms with Crippen molar-refractivity contribution in [1.82, 2.24) is 15.1 Å². The van der Waals surface area contributed by atoms with Crippen LogP contribution in [0.1, 0.15) is 51.5 Å². The second-order valence-electron chi connectivity index (χ2n) is 9.70. The number of nitrogens with zero attached hydrogens (tertiary/aromatic N) is 2. The van der Waals surface area contributed by atoms with Gasteiger partial charge >= 0.3 is 5.97 Å². The topological polar surface area (TPSA) is 133 Å². The van der Waals surface area contributed by atoms with Crippen molar-refractivity contribution in [3.63, 3.8) is 0 Å². The lowest BCUT2D eigenvalue weighted by atomic mass is 10.0. The highest BCUT2D eigenvalue weighted by Crippen LogP contribution is 2.26. The molecule has 1 aromatic carbocycles. The first-order valence-electron chi connectivity index (χ1n) is 12.1. The minimum Gasteiger partial charge on any atom is -0.480 e. The Morgan fingerprint density at radius 1 is 1.03 bits per heavy atom. The number of nitrogens with two attached hydrogens (primary N) is 1. The van der Waals surface area contributed by atoms with Crippen LogP contribution in [-0.2, 0) is 25.6 Å². The molecule has 0 saturated carbocycles. The van der Waals surface area contributed by atoms with E-state index < -0.39 is 36.0 Å². The lowest BCUT2D eigenvalue weighted by Gasteiger charge is -2.32. The number of amides is 3. The molecule has 34 heavy (non-hydrogen) atoms. The molecule has 3 amide bonds. The highest BCUT2D eigenvalue weighted by atomic mass is 16.4. The summed E-state index contributed by atoms with van der Waals surface area (Å²) >= 11 is 0. The molecule has 0 aromatic heterocycles. The molecule has 2 saturated heterocycles. The van der Waals surface area contributed by atoms with Crippen LogP contribution in [0.3, 0.4) is 0 Å². The van der Waals surface area contributed by atoms with Crippen LogP contribution < -0.4 is 11.1 Å². The molecule has 0 radical (unpaired) electrons. The van der Waals surface area contributed by atoms with Gasteiger partial charge in [-0.05, 0) is 43.6 Å². The molecule has 2 aliphatic heterocycles. The average Bonchev–Trinajstić information content (AvgIpc) is 3.48. The summed E-state index contributed by atoms with van der Waals surface area (Å²) in [4.78, 5) is 54.3. The van der Waals surface area contributed by atoms with Crippen LogP contribution in [0.2, 0.25) is 0 Å². The van der Waals surface area contributed by atoms with Gasteiger partial charge in [-0.1, -0.05) is 44.2 Å². The highest BCUT2D eigenvalue weighted by molar-refractivity contribution is 5.94. The number of carbonyl (C=O) groups excluding carboxylic acids is 3. The van der Waals surface area contributed by atoms with Crippen LogP contribution in [0, 0.1) is 5.92 Å². The number of carboxylic acid groups (broad SMARTS) is 1. The number of hydrogen-bond donors (Lipinski definition) is 3. The Morgan fingerprint density at radius 3 is 2.26 bits per heavy atom. The number of benzene rings is 1. The van der Waals surface area contributed by atoms with Crippen molar-refractivity contribution >= 4 is 23.7 Å². The second kappa shape index (κ2) is 11.5. The summed E-state index contributed by atoms with van der Waals surface area (Å²) in [6.45, 7) is 4.87. The third-order valence-electron chi connectivity index (χ3n) is 6.60. The first-order chi connectivity index (χ1) is 16.2. The van der Waals surface area contributed by atoms with Gasteiger partial charge in [-0.15, -0.1) is 0 Å². The molecule has 0 bridgehead atoms. The maximum atomic E-state index is 13.4. The Balaban J connectivity index is 1.67. The zero-order valence-electron chi connectivity index (χ0n) is 20.0. The summed E-state index contributed by atoms with van der Waals surface area (Å²) in [6, 6.07) is 5.97. The van der Waals surface area contributed by atoms with Gasteiger partial charge in [-0.3, -0.25) is 14.4 Å². The summed E-state index contributed by atoms with van der Waals surface area (Å²) in [6.07, 6.45) is 3.05. The molecule has 0 aliphatic carbocycles. The van der Waals surface area contributed by atoms with E-state index in [0.717, 1.165) is 5.56 Å². The van der Waals surface area contributed by atoms with Crippen LogP contribution in [0.25, 0.3) is 0 Å². The van der Waals surface area contributed by atoms with Gasteiger partial charge in [0.05, 0.1) is 6.04 Å². The number of carboxylic acids is 1. The van der Waals surface area contributed by atoms with Crippen molar-refractivity contribution in [3.8, 4) is 0 Å². The fourth-order valence-corrected chi connectivity index (χ4v) is 4.92. The molecule has 2 heterocycles. The van der Waals surface area contributed by atoms with Gasteiger partial charge in [-0.25, -0.2) is 4.79 Å². The van der Waals surface area contributed by atoms with Crippen molar-refractivity contribution in [1.29, 1.82) is 0 Å². The molecule has 4 N–H and O–H groups in total. The number of hydrogen-bond acceptors (Lipinski definition) is 5. The number of carbonyl (C=O) groups is 4. The van der Waals surface area contributed by atoms with Crippen molar-refractivity contribution in [2.24, 2.45) is 11.7 Å². The zero-order chi connectivity index (χ0) is 24.8. The highest BCUT2D eigenvalue weighted by Gasteiger charge is 2.43. The minimum absolute atomic E-state index is 0.154. The fourth-order valence-electron chi connectivity index (χ4n) is 4.92. The van der Waals surface area contributed by atoms with Crippen LogP contribution in [0.15, 0.2) is 30.3 Å². The lowest BCUT2D eigenvalue weighted by Crippen LogP contribution is -2.56. The standard InChI is InChI=1S/C25H36N4O5/c1-16(2)14-18(26)23(31)29-13-7-11-21(29)24(32)28-12-6-10-20(28)22(30)27-19(25(33)34)15-17-8-4-3-5-9-17/h3-5,8-9,16,18-21H,6-7,10-15,26H2,1-2H3,(H,27,30)(H,33,34). The predicted octanol–water partition coefficient (Wildman–Crippen LogP) is 1.15. The van der Waals surface area contributed by atoms with Crippen LogP contribution in [0.4, 0.5) is 0 Å². The summed E-state index contributed by atoms with van der Waals surface area (Å²) in [5.41, 5.74) is 6.90. The van der Waals surface area contributed by atoms with E-state index in [1.54, 1.807) is 4.90 Å². The molecule has 9 heteroatoms. The SMILES string of the molecule is CC(C)CC(N)C(=O)N1CCCC1C(=O)N1CCCC1C(=O)NC(Cc1ccccc1)C(=O)O. The molecule has 9 nitrogen and oxygen atoms in total. The van der Waals surface area contributed by atoms with Crippen LogP contribution in [0.5, 0.6) is 0 Å². The summed E-state index contributed by atoms with van der Waals surface area (Å²) in [7, 11) is 0. The molecule has 4 atom stereocenters. The summed E-state index contributed by atoms with van der Waals surface area (Å²) in [5, 5.41) is 12.3. The Morgan fingerprint density at radius 2 is 1.65 bits per heavy atom. The second-order valence-corrected chi connectivity index (χ2v) is 9.70. The Hall–Kier alpha value is -2.94. The largest absolute Gasteiger partial charge is 0.480 e. The third kappa shape index (κ3) is 6.14. The average molecular weight is 473 g/mol. The normalized spacial score (nSPS) is 22.0. The van der Waals surface area contributed by atoms with Crippen molar-refractivity contribution in [2.45, 2.75) is 76.5 Å². The van der Waals surface area contributed by atoms with E-state index in [4.69, 9.17) is 5.73 Å². The molecule has 4 unspecified atom stereocenters. The molecular weight excluding hydrogens is 436 g/mol. The van der Waals surface area contributed by atoms with Gasteiger partial charge in [0.15, 0.2) is 0 Å². The number of likely N-dealkylation sites (tertiary alicyclic amines) is 2.